The van der Waals surface area contributed by atoms with Crippen LogP contribution in [0.2, 0.25) is 5.15 Å². The molecule has 32 heavy (non-hydrogen) atoms. The summed E-state index contributed by atoms with van der Waals surface area (Å²) in [4.78, 5) is 28.4. The van der Waals surface area contributed by atoms with Gasteiger partial charge in [0.1, 0.15) is 16.7 Å². The van der Waals surface area contributed by atoms with Crippen LogP contribution in [0.5, 0.6) is 0 Å². The lowest BCUT2D eigenvalue weighted by Gasteiger charge is -2.18. The third kappa shape index (κ3) is 3.94. The van der Waals surface area contributed by atoms with Gasteiger partial charge in [-0.2, -0.15) is 13.2 Å². The molecule has 2 aromatic heterocycles. The van der Waals surface area contributed by atoms with Crippen LogP contribution < -0.4 is 10.7 Å². The number of benzene rings is 2. The molecule has 162 valence electrons. The Morgan fingerprint density at radius 2 is 1.75 bits per heavy atom. The van der Waals surface area contributed by atoms with E-state index in [2.05, 4.69) is 10.3 Å². The fourth-order valence-electron chi connectivity index (χ4n) is 3.26. The average molecular weight is 462 g/mol. The highest BCUT2D eigenvalue weighted by Gasteiger charge is 2.41. The molecule has 0 aliphatic carbocycles. The number of Topliss-reactive ketones (excluding diaryl/α,β-unsaturated/α-hetero) is 1. The second-order valence-corrected chi connectivity index (χ2v) is 7.08. The smallest absolute Gasteiger partial charge is 0.354 e. The molecule has 10 heteroatoms. The number of para-hydroxylation sites is 2. The first kappa shape index (κ1) is 21.5. The molecule has 0 unspecified atom stereocenters. The number of carbonyl (C=O) groups is 1. The highest BCUT2D eigenvalue weighted by Crippen LogP contribution is 2.31. The van der Waals surface area contributed by atoms with Crippen molar-refractivity contribution in [1.29, 1.82) is 0 Å². The number of aromatic nitrogens is 2. The maximum Gasteiger partial charge on any atom is 0.454 e. The minimum absolute atomic E-state index is 0.124. The highest BCUT2D eigenvalue weighted by molar-refractivity contribution is 6.30. The lowest BCUT2D eigenvalue weighted by atomic mass is 10.1. The van der Waals surface area contributed by atoms with Gasteiger partial charge in [-0.15, -0.1) is 0 Å². The van der Waals surface area contributed by atoms with Gasteiger partial charge in [0.15, 0.2) is 11.1 Å². The minimum Gasteiger partial charge on any atom is -0.354 e. The number of nitrogens with one attached hydrogen (secondary N) is 1. The average Bonchev–Trinajstić information content (AvgIpc) is 2.74. The maximum absolute atomic E-state index is 15.0. The predicted octanol–water partition coefficient (Wildman–Crippen LogP) is 5.67. The molecule has 2 heterocycles. The summed E-state index contributed by atoms with van der Waals surface area (Å²) in [5.74, 6) is -3.00. The van der Waals surface area contributed by atoms with Crippen LogP contribution in [0.4, 0.5) is 28.9 Å². The summed E-state index contributed by atoms with van der Waals surface area (Å²) in [6, 6.07) is 14.5. The van der Waals surface area contributed by atoms with Crippen molar-refractivity contribution in [2.75, 3.05) is 5.32 Å². The van der Waals surface area contributed by atoms with E-state index >= 15 is 0 Å². The van der Waals surface area contributed by atoms with Crippen LogP contribution in [0.3, 0.4) is 0 Å². The Balaban J connectivity index is 2.02. The molecule has 4 aromatic rings. The number of halogens is 5. The summed E-state index contributed by atoms with van der Waals surface area (Å²) in [5, 5.41) is 1.94. The van der Waals surface area contributed by atoms with E-state index in [0.717, 1.165) is 22.9 Å². The molecule has 2 aromatic carbocycles. The number of hydrogen-bond acceptors (Lipinski definition) is 4. The quantitative estimate of drug-likeness (QED) is 0.242. The molecular weight excluding hydrogens is 450 g/mol. The number of fused-ring (bicyclic) bond motifs is 1. The summed E-state index contributed by atoms with van der Waals surface area (Å²) in [6.45, 7) is 0. The number of pyridine rings is 2. The SMILES string of the molecule is O=C(c1cc(Cl)nc2c1c(=O)ccn2-c1c(F)cccc1Nc1ccccc1)C(F)(F)F. The van der Waals surface area contributed by atoms with E-state index in [1.165, 1.54) is 6.07 Å². The molecule has 0 aliphatic rings. The largest absolute Gasteiger partial charge is 0.454 e. The van der Waals surface area contributed by atoms with E-state index in [1.807, 2.05) is 0 Å². The van der Waals surface area contributed by atoms with Crippen LogP contribution in [0.25, 0.3) is 16.7 Å². The molecule has 0 spiro atoms. The molecule has 0 saturated heterocycles. The Bertz CT molecular complexity index is 1400. The van der Waals surface area contributed by atoms with E-state index in [4.69, 9.17) is 11.6 Å². The second kappa shape index (κ2) is 8.08. The van der Waals surface area contributed by atoms with E-state index in [1.54, 1.807) is 36.4 Å². The zero-order valence-corrected chi connectivity index (χ0v) is 16.7. The van der Waals surface area contributed by atoms with Gasteiger partial charge in [0.2, 0.25) is 0 Å². The van der Waals surface area contributed by atoms with Crippen LogP contribution in [0.15, 0.2) is 71.7 Å². The molecule has 4 rings (SSSR count). The van der Waals surface area contributed by atoms with E-state index in [0.29, 0.717) is 11.8 Å². The van der Waals surface area contributed by atoms with Gasteiger partial charge in [0.05, 0.1) is 11.1 Å². The Labute approximate surface area is 182 Å². The number of alkyl halides is 3. The zero-order valence-electron chi connectivity index (χ0n) is 16.0. The first-order chi connectivity index (χ1) is 15.2. The Kier molecular flexibility index (Phi) is 5.43. The van der Waals surface area contributed by atoms with Crippen molar-refractivity contribution in [3.8, 4) is 5.69 Å². The van der Waals surface area contributed by atoms with Crippen molar-refractivity contribution in [3.05, 3.63) is 93.6 Å². The van der Waals surface area contributed by atoms with Crippen LogP contribution in [-0.4, -0.2) is 21.5 Å². The van der Waals surface area contributed by atoms with Gasteiger partial charge >= 0.3 is 6.18 Å². The second-order valence-electron chi connectivity index (χ2n) is 6.70. The third-order valence-corrected chi connectivity index (χ3v) is 4.79. The standard InChI is InChI=1S/C22H12ClF4N3O2/c23-17-11-13(20(32)22(25,26)27)18-16(31)9-10-30(21(18)29-17)19-14(24)7-4-8-15(19)28-12-5-2-1-3-6-12/h1-11,28H. The topological polar surface area (TPSA) is 64.0 Å². The first-order valence-electron chi connectivity index (χ1n) is 9.11. The van der Waals surface area contributed by atoms with Gasteiger partial charge in [-0.25, -0.2) is 9.37 Å². The van der Waals surface area contributed by atoms with Crippen LogP contribution in [0, 0.1) is 5.82 Å². The lowest BCUT2D eigenvalue weighted by Crippen LogP contribution is -2.25. The number of carbonyl (C=O) groups excluding carboxylic acids is 1. The van der Waals surface area contributed by atoms with Crippen molar-refractivity contribution in [2.45, 2.75) is 6.18 Å². The molecule has 0 amide bonds. The summed E-state index contributed by atoms with van der Waals surface area (Å²) >= 11 is 5.88. The molecule has 0 fully saturated rings. The third-order valence-electron chi connectivity index (χ3n) is 4.60. The number of hydrogen-bond donors (Lipinski definition) is 1. The van der Waals surface area contributed by atoms with Crippen molar-refractivity contribution >= 4 is 39.8 Å². The van der Waals surface area contributed by atoms with Crippen molar-refractivity contribution in [1.82, 2.24) is 9.55 Å². The molecular formula is C22H12ClF4N3O2. The van der Waals surface area contributed by atoms with Gasteiger partial charge in [-0.1, -0.05) is 35.9 Å². The number of anilines is 2. The Morgan fingerprint density at radius 1 is 1.03 bits per heavy atom. The predicted molar refractivity (Wildman–Crippen MR) is 112 cm³/mol. The fraction of sp³-hybridized carbons (Fsp3) is 0.0455. The van der Waals surface area contributed by atoms with Gasteiger partial charge in [0.25, 0.3) is 5.78 Å². The van der Waals surface area contributed by atoms with Gasteiger partial charge in [-0.05, 0) is 30.3 Å². The van der Waals surface area contributed by atoms with Crippen LogP contribution in [0.1, 0.15) is 10.4 Å². The number of ketones is 1. The summed E-state index contributed by atoms with van der Waals surface area (Å²) in [6.07, 6.45) is -4.09. The van der Waals surface area contributed by atoms with Gasteiger partial charge in [-0.3, -0.25) is 14.2 Å². The fourth-order valence-corrected chi connectivity index (χ4v) is 3.45. The minimum atomic E-state index is -5.25. The summed E-state index contributed by atoms with van der Waals surface area (Å²) in [5.41, 5.74) is -1.50. The zero-order chi connectivity index (χ0) is 23.0. The lowest BCUT2D eigenvalue weighted by molar-refractivity contribution is -0.0884. The Morgan fingerprint density at radius 3 is 2.44 bits per heavy atom. The van der Waals surface area contributed by atoms with Crippen molar-refractivity contribution in [3.63, 3.8) is 0 Å². The van der Waals surface area contributed by atoms with Gasteiger partial charge in [0, 0.05) is 23.5 Å². The monoisotopic (exact) mass is 461 g/mol. The highest BCUT2D eigenvalue weighted by atomic mass is 35.5. The van der Waals surface area contributed by atoms with Crippen LogP contribution >= 0.6 is 11.6 Å². The molecule has 0 atom stereocenters. The molecule has 0 saturated carbocycles. The molecule has 1 N–H and O–H groups in total. The molecule has 5 nitrogen and oxygen atoms in total. The molecule has 0 bridgehead atoms. The molecule has 0 aliphatic heterocycles. The van der Waals surface area contributed by atoms with E-state index in [-0.39, 0.29) is 17.0 Å². The Hall–Kier alpha value is -3.72. The normalized spacial score (nSPS) is 11.5. The van der Waals surface area contributed by atoms with E-state index in [9.17, 15) is 27.2 Å². The summed E-state index contributed by atoms with van der Waals surface area (Å²) in [7, 11) is 0. The van der Waals surface area contributed by atoms with E-state index < -0.39 is 39.3 Å². The summed E-state index contributed by atoms with van der Waals surface area (Å²) < 4.78 is 55.4. The van der Waals surface area contributed by atoms with Crippen molar-refractivity contribution in [2.24, 2.45) is 0 Å². The number of rotatable bonds is 4. The first-order valence-corrected chi connectivity index (χ1v) is 9.49. The number of nitrogens with zero attached hydrogens (tertiary/aromatic N) is 2. The van der Waals surface area contributed by atoms with Crippen molar-refractivity contribution < 1.29 is 22.4 Å². The maximum atomic E-state index is 15.0. The van der Waals surface area contributed by atoms with Gasteiger partial charge < -0.3 is 5.32 Å². The van der Waals surface area contributed by atoms with Crippen LogP contribution in [-0.2, 0) is 0 Å². The molecule has 0 radical (unpaired) electrons.